The third-order valence-electron chi connectivity index (χ3n) is 4.00. The number of nitrogens with zero attached hydrogens (tertiary/aromatic N) is 4. The number of anilines is 1. The number of rotatable bonds is 7. The Morgan fingerprint density at radius 3 is 2.76 bits per heavy atom. The van der Waals surface area contributed by atoms with Crippen molar-refractivity contribution in [2.24, 2.45) is 0 Å². The summed E-state index contributed by atoms with van der Waals surface area (Å²) in [5.74, 6) is 1.83. The molecule has 0 aliphatic rings. The molecule has 0 saturated heterocycles. The van der Waals surface area contributed by atoms with Crippen molar-refractivity contribution in [1.29, 1.82) is 0 Å². The standard InChI is InChI=1S/C17H21N5O3/c1-4-22-10-21-15-16(19-9-20-17(15)22)18-8-13(23)12-7-11(24-2)5-6-14(12)25-3/h5-7,9-10,13,23H,4,8H2,1-3H3,(H,18,19,20)/t13-/m1/s1. The minimum atomic E-state index is -0.802. The molecule has 8 heteroatoms. The molecule has 2 heterocycles. The number of aliphatic hydroxyl groups excluding tert-OH is 1. The van der Waals surface area contributed by atoms with Crippen molar-refractivity contribution in [3.05, 3.63) is 36.4 Å². The van der Waals surface area contributed by atoms with Crippen LogP contribution in [0.2, 0.25) is 0 Å². The van der Waals surface area contributed by atoms with Gasteiger partial charge in [-0.15, -0.1) is 0 Å². The van der Waals surface area contributed by atoms with E-state index in [0.717, 1.165) is 12.2 Å². The summed E-state index contributed by atoms with van der Waals surface area (Å²) in [5, 5.41) is 13.7. The smallest absolute Gasteiger partial charge is 0.165 e. The van der Waals surface area contributed by atoms with Crippen LogP contribution in [-0.2, 0) is 6.54 Å². The lowest BCUT2D eigenvalue weighted by atomic mass is 10.1. The number of aliphatic hydroxyl groups is 1. The van der Waals surface area contributed by atoms with Gasteiger partial charge in [0.25, 0.3) is 0 Å². The molecular weight excluding hydrogens is 322 g/mol. The summed E-state index contributed by atoms with van der Waals surface area (Å²) in [6, 6.07) is 5.31. The van der Waals surface area contributed by atoms with Gasteiger partial charge in [-0.05, 0) is 25.1 Å². The second kappa shape index (κ2) is 7.35. The Labute approximate surface area is 145 Å². The molecule has 0 spiro atoms. The van der Waals surface area contributed by atoms with Crippen LogP contribution in [0.15, 0.2) is 30.9 Å². The molecule has 0 aliphatic carbocycles. The van der Waals surface area contributed by atoms with Gasteiger partial charge in [0.1, 0.15) is 23.3 Å². The van der Waals surface area contributed by atoms with Gasteiger partial charge in [-0.2, -0.15) is 0 Å². The molecule has 0 amide bonds. The third kappa shape index (κ3) is 3.34. The first-order chi connectivity index (χ1) is 12.2. The van der Waals surface area contributed by atoms with E-state index in [2.05, 4.69) is 20.3 Å². The first-order valence-corrected chi connectivity index (χ1v) is 7.97. The van der Waals surface area contributed by atoms with Gasteiger partial charge in [0.05, 0.1) is 26.7 Å². The number of imidazole rings is 1. The van der Waals surface area contributed by atoms with Crippen molar-refractivity contribution in [2.75, 3.05) is 26.1 Å². The zero-order valence-electron chi connectivity index (χ0n) is 14.4. The van der Waals surface area contributed by atoms with Crippen LogP contribution in [-0.4, -0.2) is 45.4 Å². The topological polar surface area (TPSA) is 94.3 Å². The molecule has 0 bridgehead atoms. The van der Waals surface area contributed by atoms with Crippen LogP contribution in [0.3, 0.4) is 0 Å². The maximum atomic E-state index is 10.6. The number of nitrogens with one attached hydrogen (secondary N) is 1. The molecule has 0 radical (unpaired) electrons. The number of ether oxygens (including phenoxy) is 2. The Morgan fingerprint density at radius 2 is 2.04 bits per heavy atom. The van der Waals surface area contributed by atoms with Gasteiger partial charge in [0.2, 0.25) is 0 Å². The molecule has 2 aromatic heterocycles. The zero-order chi connectivity index (χ0) is 17.8. The van der Waals surface area contributed by atoms with Gasteiger partial charge in [-0.25, -0.2) is 15.0 Å². The summed E-state index contributed by atoms with van der Waals surface area (Å²) < 4.78 is 12.5. The monoisotopic (exact) mass is 343 g/mol. The highest BCUT2D eigenvalue weighted by Crippen LogP contribution is 2.29. The van der Waals surface area contributed by atoms with Crippen LogP contribution in [0.5, 0.6) is 11.5 Å². The van der Waals surface area contributed by atoms with Crippen LogP contribution < -0.4 is 14.8 Å². The molecule has 0 unspecified atom stereocenters. The third-order valence-corrected chi connectivity index (χ3v) is 4.00. The minimum absolute atomic E-state index is 0.245. The Balaban J connectivity index is 1.81. The van der Waals surface area contributed by atoms with Gasteiger partial charge in [-0.1, -0.05) is 0 Å². The van der Waals surface area contributed by atoms with Crippen LogP contribution >= 0.6 is 0 Å². The van der Waals surface area contributed by atoms with E-state index in [9.17, 15) is 5.11 Å². The Bertz CT molecular complexity index is 865. The summed E-state index contributed by atoms with van der Waals surface area (Å²) in [6.07, 6.45) is 2.41. The molecule has 2 N–H and O–H groups in total. The highest BCUT2D eigenvalue weighted by molar-refractivity contribution is 5.82. The second-order valence-electron chi connectivity index (χ2n) is 5.43. The van der Waals surface area contributed by atoms with Gasteiger partial charge in [0, 0.05) is 18.7 Å². The van der Waals surface area contributed by atoms with Crippen LogP contribution in [0.4, 0.5) is 5.82 Å². The average molecular weight is 343 g/mol. The molecular formula is C17H21N5O3. The van der Waals surface area contributed by atoms with Gasteiger partial charge < -0.3 is 24.5 Å². The Morgan fingerprint density at radius 1 is 1.20 bits per heavy atom. The lowest BCUT2D eigenvalue weighted by Gasteiger charge is -2.17. The normalized spacial score (nSPS) is 12.2. The van der Waals surface area contributed by atoms with Crippen molar-refractivity contribution in [3.63, 3.8) is 0 Å². The maximum Gasteiger partial charge on any atom is 0.165 e. The lowest BCUT2D eigenvalue weighted by Crippen LogP contribution is -2.14. The van der Waals surface area contributed by atoms with Crippen LogP contribution in [0, 0.1) is 0 Å². The number of hydrogen-bond donors (Lipinski definition) is 2. The summed E-state index contributed by atoms with van der Waals surface area (Å²) in [7, 11) is 3.15. The molecule has 0 saturated carbocycles. The predicted octanol–water partition coefficient (Wildman–Crippen LogP) is 2.01. The van der Waals surface area contributed by atoms with E-state index in [1.165, 1.54) is 6.33 Å². The fraction of sp³-hybridized carbons (Fsp3) is 0.353. The number of aryl methyl sites for hydroxylation is 1. The average Bonchev–Trinajstić information content (AvgIpc) is 3.09. The molecule has 0 fully saturated rings. The highest BCUT2D eigenvalue weighted by atomic mass is 16.5. The quantitative estimate of drug-likeness (QED) is 0.677. The fourth-order valence-electron chi connectivity index (χ4n) is 2.64. The van der Waals surface area contributed by atoms with Gasteiger partial charge in [0.15, 0.2) is 11.5 Å². The van der Waals surface area contributed by atoms with E-state index in [1.807, 2.05) is 11.5 Å². The summed E-state index contributed by atoms with van der Waals surface area (Å²) >= 11 is 0. The largest absolute Gasteiger partial charge is 0.497 e. The first kappa shape index (κ1) is 17.0. The maximum absolute atomic E-state index is 10.6. The number of aromatic nitrogens is 4. The minimum Gasteiger partial charge on any atom is -0.497 e. The molecule has 3 rings (SSSR count). The van der Waals surface area contributed by atoms with E-state index in [0.29, 0.717) is 28.4 Å². The molecule has 8 nitrogen and oxygen atoms in total. The molecule has 1 aromatic carbocycles. The second-order valence-corrected chi connectivity index (χ2v) is 5.43. The van der Waals surface area contributed by atoms with Crippen molar-refractivity contribution in [3.8, 4) is 11.5 Å². The van der Waals surface area contributed by atoms with Crippen molar-refractivity contribution >= 4 is 17.0 Å². The highest BCUT2D eigenvalue weighted by Gasteiger charge is 2.16. The first-order valence-electron chi connectivity index (χ1n) is 7.97. The van der Waals surface area contributed by atoms with Crippen LogP contribution in [0.25, 0.3) is 11.2 Å². The molecule has 132 valence electrons. The summed E-state index contributed by atoms with van der Waals surface area (Å²) in [4.78, 5) is 12.8. The number of fused-ring (bicyclic) bond motifs is 1. The van der Waals surface area contributed by atoms with Gasteiger partial charge in [-0.3, -0.25) is 0 Å². The van der Waals surface area contributed by atoms with Crippen molar-refractivity contribution in [1.82, 2.24) is 19.5 Å². The van der Waals surface area contributed by atoms with Gasteiger partial charge >= 0.3 is 0 Å². The summed E-state index contributed by atoms with van der Waals surface area (Å²) in [6.45, 7) is 3.04. The number of benzene rings is 1. The molecule has 25 heavy (non-hydrogen) atoms. The van der Waals surface area contributed by atoms with Crippen molar-refractivity contribution < 1.29 is 14.6 Å². The summed E-state index contributed by atoms with van der Waals surface area (Å²) in [5.41, 5.74) is 2.07. The van der Waals surface area contributed by atoms with Crippen LogP contribution in [0.1, 0.15) is 18.6 Å². The van der Waals surface area contributed by atoms with Crippen molar-refractivity contribution in [2.45, 2.75) is 19.6 Å². The van der Waals surface area contributed by atoms with E-state index in [-0.39, 0.29) is 6.54 Å². The predicted molar refractivity (Wildman–Crippen MR) is 94.0 cm³/mol. The zero-order valence-corrected chi connectivity index (χ0v) is 14.4. The van der Waals surface area contributed by atoms with E-state index >= 15 is 0 Å². The van der Waals surface area contributed by atoms with E-state index < -0.39 is 6.10 Å². The number of hydrogen-bond acceptors (Lipinski definition) is 7. The number of methoxy groups -OCH3 is 2. The lowest BCUT2D eigenvalue weighted by molar-refractivity contribution is 0.186. The fourth-order valence-corrected chi connectivity index (χ4v) is 2.64. The molecule has 1 atom stereocenters. The van der Waals surface area contributed by atoms with E-state index in [1.54, 1.807) is 38.7 Å². The molecule has 3 aromatic rings. The molecule has 0 aliphatic heterocycles. The van der Waals surface area contributed by atoms with E-state index in [4.69, 9.17) is 9.47 Å². The Hall–Kier alpha value is -2.87. The SMILES string of the molecule is CCn1cnc2c(NC[C@@H](O)c3cc(OC)ccc3OC)ncnc21. The Kier molecular flexibility index (Phi) is 4.99.